The third-order valence-corrected chi connectivity index (χ3v) is 4.21. The van der Waals surface area contributed by atoms with Crippen LogP contribution in [0.25, 0.3) is 0 Å². The summed E-state index contributed by atoms with van der Waals surface area (Å²) in [4.78, 5) is 14.3. The molecule has 1 amide bonds. The van der Waals surface area contributed by atoms with Crippen LogP contribution >= 0.6 is 12.4 Å². The number of nitrogens with zero attached hydrogens (tertiary/aromatic N) is 2. The summed E-state index contributed by atoms with van der Waals surface area (Å²) in [6.07, 6.45) is 3.09. The molecule has 1 aromatic heterocycles. The Morgan fingerprint density at radius 3 is 2.86 bits per heavy atom. The van der Waals surface area contributed by atoms with Gasteiger partial charge in [0.25, 0.3) is 5.91 Å². The Morgan fingerprint density at radius 1 is 1.52 bits per heavy atom. The lowest BCUT2D eigenvalue weighted by molar-refractivity contribution is 0.0745. The van der Waals surface area contributed by atoms with Gasteiger partial charge < -0.3 is 14.7 Å². The summed E-state index contributed by atoms with van der Waals surface area (Å²) in [7, 11) is 1.95. The minimum absolute atomic E-state index is 0. The van der Waals surface area contributed by atoms with Crippen molar-refractivity contribution in [2.75, 3.05) is 26.7 Å². The van der Waals surface area contributed by atoms with E-state index in [4.69, 9.17) is 4.52 Å². The van der Waals surface area contributed by atoms with Crippen molar-refractivity contribution in [1.29, 1.82) is 0 Å². The maximum atomic E-state index is 12.4. The van der Waals surface area contributed by atoms with E-state index in [2.05, 4.69) is 24.3 Å². The predicted molar refractivity (Wildman–Crippen MR) is 85.0 cm³/mol. The first-order valence-electron chi connectivity index (χ1n) is 7.60. The molecule has 0 aliphatic carbocycles. The second-order valence-corrected chi connectivity index (χ2v) is 5.59. The van der Waals surface area contributed by atoms with Crippen LogP contribution < -0.4 is 5.32 Å². The molecule has 1 aliphatic rings. The molecule has 1 aromatic rings. The van der Waals surface area contributed by atoms with E-state index in [0.29, 0.717) is 17.6 Å². The van der Waals surface area contributed by atoms with Crippen molar-refractivity contribution in [1.82, 2.24) is 15.4 Å². The summed E-state index contributed by atoms with van der Waals surface area (Å²) in [5.74, 6) is 1.30. The van der Waals surface area contributed by atoms with Gasteiger partial charge in [0, 0.05) is 25.1 Å². The standard InChI is InChI=1S/C15H25N3O2.ClH/c1-4-12(5-2)13-8-14(20-17-13)15(19)18-7-6-11(10-18)9-16-3;/h8,11-12,16H,4-7,9-10H2,1-3H3;1H. The first kappa shape index (κ1) is 18.0. The van der Waals surface area contributed by atoms with Crippen molar-refractivity contribution < 1.29 is 9.32 Å². The number of rotatable bonds is 6. The lowest BCUT2D eigenvalue weighted by atomic mass is 9.99. The molecule has 1 fully saturated rings. The molecule has 1 unspecified atom stereocenters. The number of hydrogen-bond acceptors (Lipinski definition) is 4. The van der Waals surface area contributed by atoms with Crippen molar-refractivity contribution in [2.24, 2.45) is 5.92 Å². The highest BCUT2D eigenvalue weighted by atomic mass is 35.5. The third kappa shape index (κ3) is 4.20. The molecule has 1 atom stereocenters. The van der Waals surface area contributed by atoms with Gasteiger partial charge in [-0.3, -0.25) is 4.79 Å². The minimum Gasteiger partial charge on any atom is -0.351 e. The van der Waals surface area contributed by atoms with E-state index in [-0.39, 0.29) is 18.3 Å². The summed E-state index contributed by atoms with van der Waals surface area (Å²) in [6, 6.07) is 1.82. The number of likely N-dealkylation sites (tertiary alicyclic amines) is 1. The van der Waals surface area contributed by atoms with Gasteiger partial charge in [-0.1, -0.05) is 19.0 Å². The van der Waals surface area contributed by atoms with Crippen molar-refractivity contribution in [3.63, 3.8) is 0 Å². The van der Waals surface area contributed by atoms with Crippen LogP contribution in [0.4, 0.5) is 0 Å². The van der Waals surface area contributed by atoms with E-state index < -0.39 is 0 Å². The zero-order valence-corrected chi connectivity index (χ0v) is 13.9. The summed E-state index contributed by atoms with van der Waals surface area (Å²) >= 11 is 0. The number of carbonyl (C=O) groups excluding carboxylic acids is 1. The Bertz CT molecular complexity index is 446. The van der Waals surface area contributed by atoms with Gasteiger partial charge in [-0.25, -0.2) is 0 Å². The van der Waals surface area contributed by atoms with Crippen molar-refractivity contribution in [3.05, 3.63) is 17.5 Å². The highest BCUT2D eigenvalue weighted by molar-refractivity contribution is 5.91. The second kappa shape index (κ2) is 8.39. The third-order valence-electron chi connectivity index (χ3n) is 4.21. The van der Waals surface area contributed by atoms with E-state index >= 15 is 0 Å². The average Bonchev–Trinajstić information content (AvgIpc) is 3.09. The molecule has 1 N–H and O–H groups in total. The first-order valence-corrected chi connectivity index (χ1v) is 7.60. The van der Waals surface area contributed by atoms with Crippen LogP contribution in [0.1, 0.15) is 55.3 Å². The largest absolute Gasteiger partial charge is 0.351 e. The van der Waals surface area contributed by atoms with Gasteiger partial charge in [-0.15, -0.1) is 12.4 Å². The maximum absolute atomic E-state index is 12.4. The number of aromatic nitrogens is 1. The highest BCUT2D eigenvalue weighted by Crippen LogP contribution is 2.24. The van der Waals surface area contributed by atoms with E-state index in [1.165, 1.54) is 0 Å². The molecule has 2 heterocycles. The number of amides is 1. The molecule has 0 aromatic carbocycles. The molecule has 5 nitrogen and oxygen atoms in total. The first-order chi connectivity index (χ1) is 9.69. The predicted octanol–water partition coefficient (Wildman–Crippen LogP) is 2.68. The zero-order chi connectivity index (χ0) is 14.5. The van der Waals surface area contributed by atoms with Gasteiger partial charge in [0.1, 0.15) is 0 Å². The van der Waals surface area contributed by atoms with Crippen LogP contribution in [-0.4, -0.2) is 42.6 Å². The summed E-state index contributed by atoms with van der Waals surface area (Å²) in [5, 5.41) is 7.24. The smallest absolute Gasteiger partial charge is 0.292 e. The Labute approximate surface area is 132 Å². The molecule has 0 spiro atoms. The molecule has 6 heteroatoms. The number of nitrogens with one attached hydrogen (secondary N) is 1. The lowest BCUT2D eigenvalue weighted by Gasteiger charge is -2.14. The van der Waals surface area contributed by atoms with Crippen molar-refractivity contribution in [3.8, 4) is 0 Å². The van der Waals surface area contributed by atoms with Crippen LogP contribution in [0.5, 0.6) is 0 Å². The van der Waals surface area contributed by atoms with E-state index in [1.807, 2.05) is 18.0 Å². The Morgan fingerprint density at radius 2 is 2.24 bits per heavy atom. The van der Waals surface area contributed by atoms with Gasteiger partial charge in [0.2, 0.25) is 5.76 Å². The van der Waals surface area contributed by atoms with Gasteiger partial charge in [-0.05, 0) is 38.8 Å². The number of halogens is 1. The highest BCUT2D eigenvalue weighted by Gasteiger charge is 2.29. The molecular formula is C15H26ClN3O2. The van der Waals surface area contributed by atoms with Gasteiger partial charge >= 0.3 is 0 Å². The fourth-order valence-electron chi connectivity index (χ4n) is 2.92. The zero-order valence-electron chi connectivity index (χ0n) is 13.1. The van der Waals surface area contributed by atoms with Gasteiger partial charge in [0.15, 0.2) is 0 Å². The van der Waals surface area contributed by atoms with E-state index in [9.17, 15) is 4.79 Å². The Hall–Kier alpha value is -1.07. The fourth-order valence-corrected chi connectivity index (χ4v) is 2.92. The van der Waals surface area contributed by atoms with E-state index in [0.717, 1.165) is 44.6 Å². The number of hydrogen-bond donors (Lipinski definition) is 1. The topological polar surface area (TPSA) is 58.4 Å². The quantitative estimate of drug-likeness (QED) is 0.877. The Balaban J connectivity index is 0.00000220. The number of carbonyl (C=O) groups is 1. The molecule has 0 radical (unpaired) electrons. The fraction of sp³-hybridized carbons (Fsp3) is 0.733. The molecule has 21 heavy (non-hydrogen) atoms. The molecule has 120 valence electrons. The minimum atomic E-state index is -0.0201. The molecule has 0 bridgehead atoms. The summed E-state index contributed by atoms with van der Waals surface area (Å²) in [6.45, 7) is 6.84. The average molecular weight is 316 g/mol. The van der Waals surface area contributed by atoms with Crippen LogP contribution in [0.2, 0.25) is 0 Å². The Kier molecular flexibility index (Phi) is 7.18. The van der Waals surface area contributed by atoms with Crippen LogP contribution in [0.15, 0.2) is 10.6 Å². The lowest BCUT2D eigenvalue weighted by Crippen LogP contribution is -2.30. The molecule has 0 saturated carbocycles. The molecular weight excluding hydrogens is 290 g/mol. The van der Waals surface area contributed by atoms with Crippen molar-refractivity contribution >= 4 is 18.3 Å². The van der Waals surface area contributed by atoms with Gasteiger partial charge in [-0.2, -0.15) is 0 Å². The molecule has 1 saturated heterocycles. The van der Waals surface area contributed by atoms with Gasteiger partial charge in [0.05, 0.1) is 5.69 Å². The SMILES string of the molecule is CCC(CC)c1cc(C(=O)N2CCC(CNC)C2)on1.Cl. The summed E-state index contributed by atoms with van der Waals surface area (Å²) in [5.41, 5.74) is 0.907. The maximum Gasteiger partial charge on any atom is 0.292 e. The molecule has 1 aliphatic heterocycles. The van der Waals surface area contributed by atoms with Crippen LogP contribution in [-0.2, 0) is 0 Å². The second-order valence-electron chi connectivity index (χ2n) is 5.59. The summed E-state index contributed by atoms with van der Waals surface area (Å²) < 4.78 is 5.26. The van der Waals surface area contributed by atoms with Crippen LogP contribution in [0.3, 0.4) is 0 Å². The normalized spacial score (nSPS) is 18.1. The monoisotopic (exact) mass is 315 g/mol. The van der Waals surface area contributed by atoms with Crippen molar-refractivity contribution in [2.45, 2.75) is 39.0 Å². The molecule has 2 rings (SSSR count). The van der Waals surface area contributed by atoms with E-state index in [1.54, 1.807) is 0 Å². The van der Waals surface area contributed by atoms with Crippen LogP contribution in [0, 0.1) is 5.92 Å².